The predicted molar refractivity (Wildman–Crippen MR) is 69.2 cm³/mol. The van der Waals surface area contributed by atoms with Gasteiger partial charge in [-0.2, -0.15) is 0 Å². The minimum atomic E-state index is -0.0536. The van der Waals surface area contributed by atoms with E-state index in [-0.39, 0.29) is 18.4 Å². The first-order chi connectivity index (χ1) is 9.13. The highest BCUT2D eigenvalue weighted by Gasteiger charge is 2.18. The van der Waals surface area contributed by atoms with Crippen LogP contribution in [0, 0.1) is 0 Å². The van der Waals surface area contributed by atoms with Gasteiger partial charge in [0.1, 0.15) is 5.75 Å². The third-order valence-electron chi connectivity index (χ3n) is 3.06. The summed E-state index contributed by atoms with van der Waals surface area (Å²) in [5.74, 6) is 1.28. The molecule has 6 nitrogen and oxygen atoms in total. The molecule has 1 aromatic carbocycles. The zero-order chi connectivity index (χ0) is 13.8. The van der Waals surface area contributed by atoms with E-state index >= 15 is 0 Å². The number of amides is 1. The van der Waals surface area contributed by atoms with Gasteiger partial charge in [0.25, 0.3) is 0 Å². The lowest BCUT2D eigenvalue weighted by atomic mass is 10.1. The summed E-state index contributed by atoms with van der Waals surface area (Å²) in [5, 5.41) is 12.5. The number of hydrogen-bond donors (Lipinski definition) is 2. The first-order valence-electron chi connectivity index (χ1n) is 6.18. The molecular weight excluding hydrogens is 248 g/mol. The Labute approximate surface area is 111 Å². The summed E-state index contributed by atoms with van der Waals surface area (Å²) in [5.41, 5.74) is 0.718. The molecule has 0 spiro atoms. The van der Waals surface area contributed by atoms with E-state index in [1.165, 1.54) is 0 Å². The summed E-state index contributed by atoms with van der Waals surface area (Å²) in [4.78, 5) is 13.3. The van der Waals surface area contributed by atoms with Gasteiger partial charge in [0, 0.05) is 25.2 Å². The van der Waals surface area contributed by atoms with Crippen molar-refractivity contribution in [1.82, 2.24) is 10.2 Å². The van der Waals surface area contributed by atoms with Crippen LogP contribution >= 0.6 is 0 Å². The summed E-state index contributed by atoms with van der Waals surface area (Å²) in [6, 6.07) is 3.30. The van der Waals surface area contributed by atoms with Gasteiger partial charge in [-0.15, -0.1) is 0 Å². The van der Waals surface area contributed by atoms with Crippen molar-refractivity contribution < 1.29 is 19.4 Å². The molecule has 0 fully saturated rings. The zero-order valence-electron chi connectivity index (χ0n) is 11.1. The third-order valence-corrected chi connectivity index (χ3v) is 3.06. The number of aromatic hydroxyl groups is 1. The van der Waals surface area contributed by atoms with Gasteiger partial charge in [0.15, 0.2) is 11.5 Å². The Hall–Kier alpha value is -1.95. The number of carbonyl (C=O) groups is 1. The molecule has 0 saturated carbocycles. The van der Waals surface area contributed by atoms with Crippen LogP contribution in [0.15, 0.2) is 12.1 Å². The summed E-state index contributed by atoms with van der Waals surface area (Å²) in [7, 11) is 1.61. The highest BCUT2D eigenvalue weighted by molar-refractivity contribution is 5.77. The van der Waals surface area contributed by atoms with Gasteiger partial charge in [-0.1, -0.05) is 6.92 Å². The average Bonchev–Trinajstić information content (AvgIpc) is 2.84. The Balaban J connectivity index is 2.11. The number of ether oxygens (including phenoxy) is 2. The molecule has 1 aliphatic rings. The Morgan fingerprint density at radius 2 is 2.11 bits per heavy atom. The molecule has 0 bridgehead atoms. The molecule has 0 radical (unpaired) electrons. The topological polar surface area (TPSA) is 71.0 Å². The SMILES string of the molecule is CCN(CC(=O)NC)Cc1cc2c(cc1O)OCO2. The maximum Gasteiger partial charge on any atom is 0.233 e. The standard InChI is InChI=1S/C13H18N2O4/c1-3-15(7-13(17)14-2)6-9-4-11-12(5-10(9)16)19-8-18-11/h4-5,16H,3,6-8H2,1-2H3,(H,14,17). The minimum absolute atomic E-state index is 0.0536. The number of hydrogen-bond acceptors (Lipinski definition) is 5. The number of phenols is 1. The molecular formula is C13H18N2O4. The smallest absolute Gasteiger partial charge is 0.233 e. The fourth-order valence-corrected chi connectivity index (χ4v) is 1.90. The van der Waals surface area contributed by atoms with Crippen molar-refractivity contribution in [3.63, 3.8) is 0 Å². The van der Waals surface area contributed by atoms with E-state index in [1.54, 1.807) is 19.2 Å². The van der Waals surface area contributed by atoms with Crippen LogP contribution in [0.4, 0.5) is 0 Å². The van der Waals surface area contributed by atoms with Gasteiger partial charge in [-0.05, 0) is 12.6 Å². The lowest BCUT2D eigenvalue weighted by Crippen LogP contribution is -2.35. The normalized spacial score (nSPS) is 12.8. The fourth-order valence-electron chi connectivity index (χ4n) is 1.90. The molecule has 0 saturated heterocycles. The van der Waals surface area contributed by atoms with Crippen LogP contribution in [0.3, 0.4) is 0 Å². The number of rotatable bonds is 5. The van der Waals surface area contributed by atoms with Crippen molar-refractivity contribution in [1.29, 1.82) is 0 Å². The van der Waals surface area contributed by atoms with Crippen LogP contribution in [0.25, 0.3) is 0 Å². The summed E-state index contributed by atoms with van der Waals surface area (Å²) in [6.07, 6.45) is 0. The number of phenolic OH excluding ortho intramolecular Hbond substituents is 1. The van der Waals surface area contributed by atoms with Crippen LogP contribution < -0.4 is 14.8 Å². The Morgan fingerprint density at radius 1 is 1.42 bits per heavy atom. The maximum absolute atomic E-state index is 11.4. The van der Waals surface area contributed by atoms with Gasteiger partial charge in [0.2, 0.25) is 12.7 Å². The van der Waals surface area contributed by atoms with Crippen molar-refractivity contribution in [3.8, 4) is 17.2 Å². The molecule has 0 aromatic heterocycles. The van der Waals surface area contributed by atoms with Crippen molar-refractivity contribution in [2.75, 3.05) is 26.9 Å². The Morgan fingerprint density at radius 3 is 2.74 bits per heavy atom. The second-order valence-electron chi connectivity index (χ2n) is 4.31. The second kappa shape index (κ2) is 5.79. The van der Waals surface area contributed by atoms with E-state index in [0.717, 1.165) is 5.56 Å². The van der Waals surface area contributed by atoms with Crippen molar-refractivity contribution in [2.45, 2.75) is 13.5 Å². The molecule has 0 atom stereocenters. The Bertz CT molecular complexity index is 476. The number of likely N-dealkylation sites (N-methyl/N-ethyl adjacent to an activating group) is 2. The molecule has 104 valence electrons. The van der Waals surface area contributed by atoms with E-state index in [0.29, 0.717) is 31.1 Å². The zero-order valence-corrected chi connectivity index (χ0v) is 11.1. The summed E-state index contributed by atoms with van der Waals surface area (Å²) >= 11 is 0. The van der Waals surface area contributed by atoms with E-state index in [4.69, 9.17) is 9.47 Å². The largest absolute Gasteiger partial charge is 0.507 e. The molecule has 2 N–H and O–H groups in total. The van der Waals surface area contributed by atoms with Crippen LogP contribution in [-0.4, -0.2) is 42.8 Å². The molecule has 0 aliphatic carbocycles. The number of nitrogens with one attached hydrogen (secondary N) is 1. The third kappa shape index (κ3) is 3.08. The summed E-state index contributed by atoms with van der Waals surface area (Å²) in [6.45, 7) is 3.62. The van der Waals surface area contributed by atoms with Gasteiger partial charge < -0.3 is 19.9 Å². The number of nitrogens with zero attached hydrogens (tertiary/aromatic N) is 1. The van der Waals surface area contributed by atoms with E-state index in [9.17, 15) is 9.90 Å². The number of carbonyl (C=O) groups excluding carboxylic acids is 1. The molecule has 1 aromatic rings. The molecule has 6 heteroatoms. The second-order valence-corrected chi connectivity index (χ2v) is 4.31. The van der Waals surface area contributed by atoms with Crippen LogP contribution in [-0.2, 0) is 11.3 Å². The molecule has 1 heterocycles. The lowest BCUT2D eigenvalue weighted by molar-refractivity contribution is -0.121. The number of benzene rings is 1. The van der Waals surface area contributed by atoms with Gasteiger partial charge in [-0.25, -0.2) is 0 Å². The van der Waals surface area contributed by atoms with Crippen molar-refractivity contribution >= 4 is 5.91 Å². The molecule has 2 rings (SSSR count). The maximum atomic E-state index is 11.4. The minimum Gasteiger partial charge on any atom is -0.507 e. The first kappa shape index (κ1) is 13.5. The highest BCUT2D eigenvalue weighted by atomic mass is 16.7. The first-order valence-corrected chi connectivity index (χ1v) is 6.18. The molecule has 0 unspecified atom stereocenters. The van der Waals surface area contributed by atoms with Crippen LogP contribution in [0.5, 0.6) is 17.2 Å². The highest BCUT2D eigenvalue weighted by Crippen LogP contribution is 2.37. The monoisotopic (exact) mass is 266 g/mol. The molecule has 1 aliphatic heterocycles. The van der Waals surface area contributed by atoms with Crippen molar-refractivity contribution in [2.24, 2.45) is 0 Å². The fraction of sp³-hybridized carbons (Fsp3) is 0.462. The van der Waals surface area contributed by atoms with E-state index in [1.807, 2.05) is 11.8 Å². The average molecular weight is 266 g/mol. The number of fused-ring (bicyclic) bond motifs is 1. The van der Waals surface area contributed by atoms with Crippen molar-refractivity contribution in [3.05, 3.63) is 17.7 Å². The van der Waals surface area contributed by atoms with Crippen LogP contribution in [0.1, 0.15) is 12.5 Å². The molecule has 1 amide bonds. The van der Waals surface area contributed by atoms with E-state index < -0.39 is 0 Å². The lowest BCUT2D eigenvalue weighted by Gasteiger charge is -2.20. The van der Waals surface area contributed by atoms with Crippen LogP contribution in [0.2, 0.25) is 0 Å². The summed E-state index contributed by atoms with van der Waals surface area (Å²) < 4.78 is 10.5. The quantitative estimate of drug-likeness (QED) is 0.820. The van der Waals surface area contributed by atoms with E-state index in [2.05, 4.69) is 5.32 Å². The predicted octanol–water partition coefficient (Wildman–Crippen LogP) is 0.689. The molecule has 19 heavy (non-hydrogen) atoms. The van der Waals surface area contributed by atoms with Gasteiger partial charge in [-0.3, -0.25) is 9.69 Å². The Kier molecular flexibility index (Phi) is 4.11. The van der Waals surface area contributed by atoms with Gasteiger partial charge in [0.05, 0.1) is 6.54 Å². The van der Waals surface area contributed by atoms with Gasteiger partial charge >= 0.3 is 0 Å².